The third kappa shape index (κ3) is 9.63. The van der Waals surface area contributed by atoms with Crippen molar-refractivity contribution in [3.63, 3.8) is 0 Å². The molecule has 0 saturated heterocycles. The quantitative estimate of drug-likeness (QED) is 0.252. The first-order valence-electron chi connectivity index (χ1n) is 9.03. The van der Waals surface area contributed by atoms with Gasteiger partial charge in [0.1, 0.15) is 17.8 Å². The Kier molecular flexibility index (Phi) is 11.1. The largest absolute Gasteiger partial charge is 0.478 e. The highest BCUT2D eigenvalue weighted by atomic mass is 35.5. The first-order valence-corrected chi connectivity index (χ1v) is 9.78. The molecule has 0 radical (unpaired) electrons. The van der Waals surface area contributed by atoms with Crippen LogP contribution in [0.1, 0.15) is 11.1 Å². The van der Waals surface area contributed by atoms with Gasteiger partial charge in [-0.05, 0) is 61.4 Å². The summed E-state index contributed by atoms with van der Waals surface area (Å²) in [6, 6.07) is 9.27. The average molecular weight is 513 g/mol. The number of carbonyl (C=O) groups excluding carboxylic acids is 1. The van der Waals surface area contributed by atoms with Crippen molar-refractivity contribution in [2.75, 3.05) is 0 Å². The number of hydrogen-bond donors (Lipinski definition) is 3. The van der Waals surface area contributed by atoms with Gasteiger partial charge in [-0.2, -0.15) is 0 Å². The van der Waals surface area contributed by atoms with Crippen molar-refractivity contribution in [1.29, 1.82) is 0 Å². The van der Waals surface area contributed by atoms with Crippen LogP contribution < -0.4 is 9.47 Å². The maximum Gasteiger partial charge on any atom is 0.375 e. The van der Waals surface area contributed by atoms with E-state index in [0.717, 1.165) is 0 Å². The minimum atomic E-state index is -1.46. The van der Waals surface area contributed by atoms with Gasteiger partial charge in [-0.15, -0.1) is 0 Å². The molecular formula is C22H18Cl2O10. The van der Waals surface area contributed by atoms with E-state index in [-0.39, 0.29) is 12.2 Å². The molecule has 2 aromatic rings. The highest BCUT2D eigenvalue weighted by molar-refractivity contribution is 6.31. The molecule has 0 fully saturated rings. The van der Waals surface area contributed by atoms with Gasteiger partial charge in [-0.25, -0.2) is 14.4 Å². The van der Waals surface area contributed by atoms with Crippen LogP contribution in [0.5, 0.6) is 11.5 Å². The minimum Gasteiger partial charge on any atom is -0.478 e. The molecule has 2 rings (SSSR count). The number of rotatable bonds is 9. The van der Waals surface area contributed by atoms with Crippen LogP contribution in [0.25, 0.3) is 0 Å². The SMILES string of the molecule is Cc1cc(Cl)ccc1O/C(=C/C(=O)O)C(=O)O.Cc1cc(Cl)ccc1O/C(=C\OC=O)C(=O)O. The first kappa shape index (κ1) is 28.0. The van der Waals surface area contributed by atoms with Crippen molar-refractivity contribution in [3.05, 3.63) is 81.4 Å². The summed E-state index contributed by atoms with van der Waals surface area (Å²) in [6.07, 6.45) is 1.19. The van der Waals surface area contributed by atoms with Crippen LogP contribution in [0.4, 0.5) is 0 Å². The Morgan fingerprint density at radius 1 is 0.794 bits per heavy atom. The van der Waals surface area contributed by atoms with E-state index in [1.165, 1.54) is 18.2 Å². The molecule has 0 aliphatic heterocycles. The fourth-order valence-electron chi connectivity index (χ4n) is 2.15. The number of benzene rings is 2. The highest BCUT2D eigenvalue weighted by Crippen LogP contribution is 2.24. The molecule has 3 N–H and O–H groups in total. The summed E-state index contributed by atoms with van der Waals surface area (Å²) in [4.78, 5) is 41.9. The Morgan fingerprint density at radius 3 is 1.59 bits per heavy atom. The molecule has 0 unspecified atom stereocenters. The van der Waals surface area contributed by atoms with E-state index in [1.807, 2.05) is 0 Å². The second-order valence-electron chi connectivity index (χ2n) is 6.20. The van der Waals surface area contributed by atoms with Crippen LogP contribution in [0, 0.1) is 13.8 Å². The Hall–Kier alpha value is -4.02. The summed E-state index contributed by atoms with van der Waals surface area (Å²) in [5.74, 6) is -4.80. The predicted octanol–water partition coefficient (Wildman–Crippen LogP) is 4.21. The molecule has 0 heterocycles. The third-order valence-corrected chi connectivity index (χ3v) is 4.09. The van der Waals surface area contributed by atoms with Crippen molar-refractivity contribution >= 4 is 47.6 Å². The third-order valence-electron chi connectivity index (χ3n) is 3.62. The summed E-state index contributed by atoms with van der Waals surface area (Å²) < 4.78 is 14.3. The van der Waals surface area contributed by atoms with E-state index in [2.05, 4.69) is 4.74 Å². The van der Waals surface area contributed by atoms with E-state index in [4.69, 9.17) is 48.0 Å². The van der Waals surface area contributed by atoms with Gasteiger partial charge in [-0.1, -0.05) is 23.2 Å². The second kappa shape index (κ2) is 13.5. The van der Waals surface area contributed by atoms with Crippen molar-refractivity contribution in [2.24, 2.45) is 0 Å². The van der Waals surface area contributed by atoms with Crippen molar-refractivity contribution in [1.82, 2.24) is 0 Å². The molecular weight excluding hydrogens is 495 g/mol. The fraction of sp³-hybridized carbons (Fsp3) is 0.0909. The molecule has 34 heavy (non-hydrogen) atoms. The second-order valence-corrected chi connectivity index (χ2v) is 7.07. The molecule has 0 atom stereocenters. The predicted molar refractivity (Wildman–Crippen MR) is 120 cm³/mol. The molecule has 0 aliphatic carbocycles. The first-order chi connectivity index (χ1) is 15.9. The monoisotopic (exact) mass is 512 g/mol. The van der Waals surface area contributed by atoms with E-state index in [9.17, 15) is 19.2 Å². The summed E-state index contributed by atoms with van der Waals surface area (Å²) in [6.45, 7) is 3.48. The normalized spacial score (nSPS) is 10.9. The maximum atomic E-state index is 10.8. The Balaban J connectivity index is 0.000000340. The molecule has 10 nitrogen and oxygen atoms in total. The van der Waals surface area contributed by atoms with E-state index >= 15 is 0 Å². The number of aryl methyl sites for hydroxylation is 2. The summed E-state index contributed by atoms with van der Waals surface area (Å²) in [5.41, 5.74) is 1.27. The molecule has 12 heteroatoms. The smallest absolute Gasteiger partial charge is 0.375 e. The maximum absolute atomic E-state index is 10.8. The van der Waals surface area contributed by atoms with Crippen molar-refractivity contribution in [2.45, 2.75) is 13.8 Å². The number of carbonyl (C=O) groups is 4. The summed E-state index contributed by atoms with van der Waals surface area (Å²) >= 11 is 11.5. The number of ether oxygens (including phenoxy) is 3. The number of carboxylic acids is 3. The number of carboxylic acid groups (broad SMARTS) is 3. The van der Waals surface area contributed by atoms with Gasteiger partial charge < -0.3 is 29.5 Å². The van der Waals surface area contributed by atoms with Crippen LogP contribution in [0.3, 0.4) is 0 Å². The Labute approximate surface area is 203 Å². The molecule has 0 aliphatic rings. The molecule has 0 aromatic heterocycles. The molecule has 180 valence electrons. The van der Waals surface area contributed by atoms with E-state index in [1.54, 1.807) is 32.0 Å². The molecule has 0 bridgehead atoms. The van der Waals surface area contributed by atoms with Gasteiger partial charge in [0, 0.05) is 10.0 Å². The minimum absolute atomic E-state index is 0.0982. The summed E-state index contributed by atoms with van der Waals surface area (Å²) in [7, 11) is 0. The van der Waals surface area contributed by atoms with Crippen LogP contribution >= 0.6 is 23.2 Å². The van der Waals surface area contributed by atoms with Crippen molar-refractivity contribution < 1.29 is 48.7 Å². The number of aliphatic carboxylic acids is 3. The lowest BCUT2D eigenvalue weighted by molar-refractivity contribution is -0.137. The van der Waals surface area contributed by atoms with Gasteiger partial charge in [-0.3, -0.25) is 4.79 Å². The lowest BCUT2D eigenvalue weighted by atomic mass is 10.2. The van der Waals surface area contributed by atoms with Crippen LogP contribution in [-0.2, 0) is 23.9 Å². The van der Waals surface area contributed by atoms with E-state index in [0.29, 0.717) is 39.3 Å². The fourth-order valence-corrected chi connectivity index (χ4v) is 2.60. The van der Waals surface area contributed by atoms with Crippen LogP contribution in [0.2, 0.25) is 10.0 Å². The van der Waals surface area contributed by atoms with Crippen LogP contribution in [-0.4, -0.2) is 39.7 Å². The van der Waals surface area contributed by atoms with Gasteiger partial charge >= 0.3 is 17.9 Å². The van der Waals surface area contributed by atoms with Gasteiger partial charge in [0.15, 0.2) is 0 Å². The molecule has 0 saturated carbocycles. The zero-order valence-corrected chi connectivity index (χ0v) is 19.2. The lowest BCUT2D eigenvalue weighted by Gasteiger charge is -2.08. The summed E-state index contributed by atoms with van der Waals surface area (Å²) in [5, 5.41) is 27.0. The van der Waals surface area contributed by atoms with Gasteiger partial charge in [0.05, 0.1) is 6.08 Å². The standard InChI is InChI=1S/2C11H9ClO5/c1-7-4-8(12)2-3-9(7)17-10(11(14)15)5-16-6-13;1-6-4-7(12)2-3-8(6)17-9(11(15)16)5-10(13)14/h2-6H,1H3,(H,14,15);2-5H,1H3,(H,13,14)(H,15,16)/b10-5-;9-5+. The highest BCUT2D eigenvalue weighted by Gasteiger charge is 2.14. The van der Waals surface area contributed by atoms with E-state index < -0.39 is 29.4 Å². The molecule has 2 aromatic carbocycles. The Morgan fingerprint density at radius 2 is 1.24 bits per heavy atom. The average Bonchev–Trinajstić information content (AvgIpc) is 2.73. The van der Waals surface area contributed by atoms with Gasteiger partial charge in [0.25, 0.3) is 6.47 Å². The molecule has 0 spiro atoms. The van der Waals surface area contributed by atoms with Crippen molar-refractivity contribution in [3.8, 4) is 11.5 Å². The molecule has 0 amide bonds. The Bertz CT molecular complexity index is 1140. The zero-order chi connectivity index (χ0) is 25.8. The number of hydrogen-bond acceptors (Lipinski definition) is 7. The zero-order valence-electron chi connectivity index (χ0n) is 17.7. The topological polar surface area (TPSA) is 157 Å². The number of halogens is 2. The van der Waals surface area contributed by atoms with Crippen LogP contribution in [0.15, 0.2) is 60.3 Å². The lowest BCUT2D eigenvalue weighted by Crippen LogP contribution is -2.10. The van der Waals surface area contributed by atoms with Gasteiger partial charge in [0.2, 0.25) is 11.5 Å².